The van der Waals surface area contributed by atoms with Crippen LogP contribution in [0.1, 0.15) is 32.8 Å². The van der Waals surface area contributed by atoms with Gasteiger partial charge in [-0.25, -0.2) is 9.97 Å². The van der Waals surface area contributed by atoms with Crippen LogP contribution in [0.3, 0.4) is 0 Å². The Bertz CT molecular complexity index is 1090. The molecular formula is C22H25N5O2. The fourth-order valence-electron chi connectivity index (χ4n) is 3.56. The number of aliphatic hydroxyl groups is 1. The van der Waals surface area contributed by atoms with Crippen molar-refractivity contribution in [1.29, 1.82) is 0 Å². The van der Waals surface area contributed by atoms with Gasteiger partial charge in [0.15, 0.2) is 0 Å². The maximum Gasteiger partial charge on any atom is 0.228 e. The second-order valence-corrected chi connectivity index (χ2v) is 8.51. The fraction of sp³-hybridized carbons (Fsp3) is 0.364. The van der Waals surface area contributed by atoms with Crippen LogP contribution in [0.4, 0.5) is 11.6 Å². The SMILES string of the molecule is C[C@H]1C[C@@H]1C(=O)Nc1cc2cc(-c3cnccc3CC(C)(C)O)nc(N)c2cn1. The summed E-state index contributed by atoms with van der Waals surface area (Å²) in [5, 5.41) is 14.7. The molecule has 0 aromatic carbocycles. The number of nitrogen functional groups attached to an aromatic ring is 1. The second kappa shape index (κ2) is 7.08. The maximum atomic E-state index is 12.2. The average molecular weight is 391 g/mol. The van der Waals surface area contributed by atoms with Crippen LogP contribution >= 0.6 is 0 Å². The molecule has 4 N–H and O–H groups in total. The first-order chi connectivity index (χ1) is 13.7. The largest absolute Gasteiger partial charge is 0.390 e. The van der Waals surface area contributed by atoms with Crippen molar-refractivity contribution in [2.45, 2.75) is 39.2 Å². The van der Waals surface area contributed by atoms with Crippen LogP contribution in [0.2, 0.25) is 0 Å². The van der Waals surface area contributed by atoms with Crippen molar-refractivity contribution in [3.63, 3.8) is 0 Å². The summed E-state index contributed by atoms with van der Waals surface area (Å²) in [7, 11) is 0. The van der Waals surface area contributed by atoms with Crippen LogP contribution < -0.4 is 11.1 Å². The Kier molecular flexibility index (Phi) is 4.70. The third kappa shape index (κ3) is 4.19. The van der Waals surface area contributed by atoms with E-state index in [9.17, 15) is 9.90 Å². The summed E-state index contributed by atoms with van der Waals surface area (Å²) in [6.45, 7) is 5.59. The Hall–Kier alpha value is -3.06. The number of nitrogens with two attached hydrogens (primary N) is 1. The number of amides is 1. The van der Waals surface area contributed by atoms with Gasteiger partial charge in [-0.3, -0.25) is 9.78 Å². The van der Waals surface area contributed by atoms with Gasteiger partial charge in [-0.2, -0.15) is 0 Å². The van der Waals surface area contributed by atoms with Crippen LogP contribution in [0.25, 0.3) is 22.0 Å². The summed E-state index contributed by atoms with van der Waals surface area (Å²) in [6.07, 6.45) is 6.44. The Balaban J connectivity index is 1.72. The number of anilines is 2. The summed E-state index contributed by atoms with van der Waals surface area (Å²) >= 11 is 0. The highest BCUT2D eigenvalue weighted by Crippen LogP contribution is 2.38. The monoisotopic (exact) mass is 391 g/mol. The first-order valence-corrected chi connectivity index (χ1v) is 9.74. The lowest BCUT2D eigenvalue weighted by molar-refractivity contribution is -0.117. The maximum absolute atomic E-state index is 12.2. The zero-order valence-electron chi connectivity index (χ0n) is 16.8. The van der Waals surface area contributed by atoms with Crippen molar-refractivity contribution in [1.82, 2.24) is 15.0 Å². The molecule has 0 bridgehead atoms. The van der Waals surface area contributed by atoms with Gasteiger partial charge in [-0.15, -0.1) is 0 Å². The molecule has 3 aromatic rings. The highest BCUT2D eigenvalue weighted by Gasteiger charge is 2.39. The van der Waals surface area contributed by atoms with Gasteiger partial charge in [0, 0.05) is 41.9 Å². The molecule has 7 nitrogen and oxygen atoms in total. The van der Waals surface area contributed by atoms with Crippen molar-refractivity contribution in [2.24, 2.45) is 11.8 Å². The molecule has 150 valence electrons. The van der Waals surface area contributed by atoms with Gasteiger partial charge in [0.2, 0.25) is 5.91 Å². The van der Waals surface area contributed by atoms with Gasteiger partial charge in [0.05, 0.1) is 11.3 Å². The van der Waals surface area contributed by atoms with Crippen molar-refractivity contribution in [2.75, 3.05) is 11.1 Å². The van der Waals surface area contributed by atoms with Crippen LogP contribution in [0.15, 0.2) is 36.8 Å². The molecule has 2 atom stereocenters. The molecule has 1 saturated carbocycles. The minimum absolute atomic E-state index is 0.00586. The lowest BCUT2D eigenvalue weighted by Crippen LogP contribution is -2.22. The zero-order chi connectivity index (χ0) is 20.8. The number of pyridine rings is 3. The molecule has 7 heteroatoms. The third-order valence-electron chi connectivity index (χ3n) is 5.25. The van der Waals surface area contributed by atoms with Crippen molar-refractivity contribution >= 4 is 28.3 Å². The van der Waals surface area contributed by atoms with Crippen molar-refractivity contribution in [3.8, 4) is 11.3 Å². The molecule has 0 unspecified atom stereocenters. The van der Waals surface area contributed by atoms with E-state index in [-0.39, 0.29) is 11.8 Å². The second-order valence-electron chi connectivity index (χ2n) is 8.51. The molecule has 1 aliphatic rings. The minimum atomic E-state index is -0.861. The van der Waals surface area contributed by atoms with Crippen LogP contribution in [0.5, 0.6) is 0 Å². The number of carbonyl (C=O) groups excluding carboxylic acids is 1. The molecule has 29 heavy (non-hydrogen) atoms. The van der Waals surface area contributed by atoms with E-state index in [0.29, 0.717) is 29.7 Å². The molecule has 3 aromatic heterocycles. The van der Waals surface area contributed by atoms with E-state index in [0.717, 1.165) is 28.3 Å². The minimum Gasteiger partial charge on any atom is -0.390 e. The Labute approximate surface area is 169 Å². The van der Waals surface area contributed by atoms with Crippen LogP contribution in [0, 0.1) is 11.8 Å². The third-order valence-corrected chi connectivity index (χ3v) is 5.25. The van der Waals surface area contributed by atoms with Crippen molar-refractivity contribution in [3.05, 3.63) is 42.4 Å². The Morgan fingerprint density at radius 1 is 1.34 bits per heavy atom. The highest BCUT2D eigenvalue weighted by molar-refractivity contribution is 5.98. The quantitative estimate of drug-likeness (QED) is 0.615. The molecule has 0 spiro atoms. The average Bonchev–Trinajstić information content (AvgIpc) is 3.37. The molecule has 1 aliphatic carbocycles. The molecule has 1 amide bonds. The van der Waals surface area contributed by atoms with Crippen LogP contribution in [-0.4, -0.2) is 31.6 Å². The summed E-state index contributed by atoms with van der Waals surface area (Å²) < 4.78 is 0. The van der Waals surface area contributed by atoms with Gasteiger partial charge < -0.3 is 16.2 Å². The van der Waals surface area contributed by atoms with E-state index in [2.05, 4.69) is 27.2 Å². The molecule has 0 saturated heterocycles. The smallest absolute Gasteiger partial charge is 0.228 e. The number of rotatable bonds is 5. The lowest BCUT2D eigenvalue weighted by atomic mass is 9.94. The van der Waals surface area contributed by atoms with E-state index in [1.54, 1.807) is 32.4 Å². The van der Waals surface area contributed by atoms with Gasteiger partial charge in [0.25, 0.3) is 0 Å². The number of nitrogens with one attached hydrogen (secondary N) is 1. The number of hydrogen-bond acceptors (Lipinski definition) is 6. The summed E-state index contributed by atoms with van der Waals surface area (Å²) in [5.41, 5.74) is 7.75. The molecular weight excluding hydrogens is 366 g/mol. The number of carbonyl (C=O) groups is 1. The summed E-state index contributed by atoms with van der Waals surface area (Å²) in [5.74, 6) is 1.37. The van der Waals surface area contributed by atoms with Gasteiger partial charge in [-0.1, -0.05) is 6.92 Å². The van der Waals surface area contributed by atoms with Crippen molar-refractivity contribution < 1.29 is 9.90 Å². The highest BCUT2D eigenvalue weighted by atomic mass is 16.3. The summed E-state index contributed by atoms with van der Waals surface area (Å²) in [6, 6.07) is 5.60. The fourth-order valence-corrected chi connectivity index (χ4v) is 3.56. The Morgan fingerprint density at radius 2 is 2.10 bits per heavy atom. The van der Waals surface area contributed by atoms with Gasteiger partial charge in [-0.05, 0) is 55.3 Å². The normalized spacial score (nSPS) is 18.6. The number of nitrogens with zero attached hydrogens (tertiary/aromatic N) is 3. The van der Waals surface area contributed by atoms with E-state index in [1.165, 1.54) is 0 Å². The number of fused-ring (bicyclic) bond motifs is 1. The van der Waals surface area contributed by atoms with E-state index in [1.807, 2.05) is 18.2 Å². The van der Waals surface area contributed by atoms with Gasteiger partial charge >= 0.3 is 0 Å². The molecule has 0 radical (unpaired) electrons. The van der Waals surface area contributed by atoms with E-state index >= 15 is 0 Å². The zero-order valence-corrected chi connectivity index (χ0v) is 16.8. The number of hydrogen-bond donors (Lipinski definition) is 3. The predicted molar refractivity (Wildman–Crippen MR) is 113 cm³/mol. The molecule has 0 aliphatic heterocycles. The van der Waals surface area contributed by atoms with Crippen LogP contribution in [-0.2, 0) is 11.2 Å². The van der Waals surface area contributed by atoms with Gasteiger partial charge in [0.1, 0.15) is 11.6 Å². The van der Waals surface area contributed by atoms with E-state index < -0.39 is 5.60 Å². The molecule has 3 heterocycles. The topological polar surface area (TPSA) is 114 Å². The molecule has 4 rings (SSSR count). The number of aromatic nitrogens is 3. The first kappa shape index (κ1) is 19.3. The summed E-state index contributed by atoms with van der Waals surface area (Å²) in [4.78, 5) is 25.3. The first-order valence-electron chi connectivity index (χ1n) is 9.74. The lowest BCUT2D eigenvalue weighted by Gasteiger charge is -2.19. The molecule has 1 fully saturated rings. The predicted octanol–water partition coefficient (Wildman–Crippen LogP) is 3.18. The Morgan fingerprint density at radius 3 is 2.79 bits per heavy atom. The standard InChI is InChI=1S/C22H25N5O2/c1-12-6-15(12)21(28)27-19-8-14-7-18(26-20(23)17(14)11-25-19)16-10-24-5-4-13(16)9-22(2,3)29/h4-5,7-8,10-12,15,29H,6,9H2,1-3H3,(H2,23,26)(H,25,27,28)/t12-,15-/m0/s1. The van der Waals surface area contributed by atoms with E-state index in [4.69, 9.17) is 5.73 Å².